The highest BCUT2D eigenvalue weighted by atomic mass is 35.5. The molecule has 4 aromatic rings. The van der Waals surface area contributed by atoms with Crippen LogP contribution in [-0.4, -0.2) is 4.57 Å². The summed E-state index contributed by atoms with van der Waals surface area (Å²) >= 11 is 0. The van der Waals surface area contributed by atoms with Crippen molar-refractivity contribution in [2.45, 2.75) is 38.3 Å². The van der Waals surface area contributed by atoms with E-state index < -0.39 is 22.6 Å². The highest BCUT2D eigenvalue weighted by Crippen LogP contribution is 2.38. The Labute approximate surface area is 187 Å². The third-order valence-electron chi connectivity index (χ3n) is 6.55. The van der Waals surface area contributed by atoms with E-state index >= 15 is 0 Å². The van der Waals surface area contributed by atoms with E-state index in [4.69, 9.17) is 4.42 Å². The minimum Gasteiger partial charge on any atom is -0.455 e. The number of aromatic nitrogens is 1. The molecule has 5 nitrogen and oxygen atoms in total. The summed E-state index contributed by atoms with van der Waals surface area (Å²) in [6.45, 7) is 1.28. The average Bonchev–Trinajstić information content (AvgIpc) is 3.19. The third-order valence-corrected chi connectivity index (χ3v) is 6.55. The predicted octanol–water partition coefficient (Wildman–Crippen LogP) is 4.67. The fourth-order valence-corrected chi connectivity index (χ4v) is 4.70. The Balaban J connectivity index is 0.00000216. The molecule has 3 heterocycles. The molecule has 1 aliphatic heterocycles. The molecule has 32 heavy (non-hydrogen) atoms. The van der Waals surface area contributed by atoms with Crippen LogP contribution in [0.1, 0.15) is 42.0 Å². The van der Waals surface area contributed by atoms with Crippen LogP contribution in [0.3, 0.4) is 0 Å². The molecule has 164 valence electrons. The van der Waals surface area contributed by atoms with Crippen molar-refractivity contribution in [1.29, 1.82) is 0 Å². The average molecular weight is 457 g/mol. The number of nitrogens with one attached hydrogen (secondary N) is 1. The Morgan fingerprint density at radius 2 is 1.88 bits per heavy atom. The molecule has 0 radical (unpaired) electrons. The lowest BCUT2D eigenvalue weighted by molar-refractivity contribution is 0.402. The minimum atomic E-state index is -1.11. The van der Waals surface area contributed by atoms with Gasteiger partial charge in [0.15, 0.2) is 11.6 Å². The van der Waals surface area contributed by atoms with Gasteiger partial charge in [0.1, 0.15) is 16.6 Å². The van der Waals surface area contributed by atoms with Gasteiger partial charge in [-0.2, -0.15) is 0 Å². The lowest BCUT2D eigenvalue weighted by Crippen LogP contribution is -2.29. The zero-order chi connectivity index (χ0) is 21.3. The molecule has 0 bridgehead atoms. The van der Waals surface area contributed by atoms with Gasteiger partial charge in [-0.15, -0.1) is 12.4 Å². The highest BCUT2D eigenvalue weighted by molar-refractivity contribution is 5.91. The first-order chi connectivity index (χ1) is 15.0. The van der Waals surface area contributed by atoms with Crippen LogP contribution in [-0.2, 0) is 13.1 Å². The van der Waals surface area contributed by atoms with Gasteiger partial charge in [-0.05, 0) is 42.5 Å². The van der Waals surface area contributed by atoms with Crippen LogP contribution in [0.4, 0.5) is 8.78 Å². The van der Waals surface area contributed by atoms with Gasteiger partial charge in [0.25, 0.3) is 5.56 Å². The summed E-state index contributed by atoms with van der Waals surface area (Å²) in [6.07, 6.45) is 2.65. The summed E-state index contributed by atoms with van der Waals surface area (Å²) < 4.78 is 36.0. The molecule has 2 aromatic heterocycles. The highest BCUT2D eigenvalue weighted by Gasteiger charge is 2.28. The number of hydrogen-bond donors (Lipinski definition) is 1. The molecule has 2 aromatic carbocycles. The molecule has 1 saturated carbocycles. The fraction of sp³-hybridized carbons (Fsp3) is 0.250. The van der Waals surface area contributed by atoms with Crippen molar-refractivity contribution < 1.29 is 13.2 Å². The maximum Gasteiger partial charge on any atom is 0.270 e. The van der Waals surface area contributed by atoms with Crippen molar-refractivity contribution in [3.05, 3.63) is 85.4 Å². The summed E-state index contributed by atoms with van der Waals surface area (Å²) in [6, 6.07) is 8.90. The van der Waals surface area contributed by atoms with Gasteiger partial charge < -0.3 is 9.73 Å². The quantitative estimate of drug-likeness (QED) is 0.445. The zero-order valence-electron chi connectivity index (χ0n) is 16.9. The van der Waals surface area contributed by atoms with Crippen molar-refractivity contribution in [3.8, 4) is 5.69 Å². The second-order valence-corrected chi connectivity index (χ2v) is 8.26. The van der Waals surface area contributed by atoms with E-state index in [-0.39, 0.29) is 35.0 Å². The molecule has 0 atom stereocenters. The molecule has 0 amide bonds. The first kappa shape index (κ1) is 20.8. The second-order valence-electron chi connectivity index (χ2n) is 8.26. The minimum absolute atomic E-state index is 0. The summed E-state index contributed by atoms with van der Waals surface area (Å²) in [5.74, 6) is -2.14. The lowest BCUT2D eigenvalue weighted by atomic mass is 9.82. The molecule has 2 aliphatic rings. The molecule has 1 fully saturated rings. The molecule has 0 saturated heterocycles. The largest absolute Gasteiger partial charge is 0.455 e. The van der Waals surface area contributed by atoms with Crippen molar-refractivity contribution in [2.75, 3.05) is 0 Å². The molecule has 0 unspecified atom stereocenters. The maximum atomic E-state index is 14.7. The molecule has 1 N–H and O–H groups in total. The molecule has 6 rings (SSSR count). The summed E-state index contributed by atoms with van der Waals surface area (Å²) in [5.41, 5.74) is 1.87. The van der Waals surface area contributed by atoms with Crippen LogP contribution in [0.15, 0.2) is 50.4 Å². The van der Waals surface area contributed by atoms with Crippen molar-refractivity contribution in [2.24, 2.45) is 0 Å². The second kappa shape index (κ2) is 7.53. The first-order valence-electron chi connectivity index (χ1n) is 10.4. The standard InChI is InChI=1S/C24H18F2N2O3.ClH/c25-16-5-2-6-17(21(16)26)28-18(12-3-1-4-12)9-19-20(24(28)30)22(29)14-8-7-13-10-27-11-15(13)23(14)31-19;/h2,5-9,12,27H,1,3-4,10-11H2;1H. The number of fused-ring (bicyclic) bond motifs is 4. The Hall–Kier alpha value is -3.03. The van der Waals surface area contributed by atoms with Crippen molar-refractivity contribution >= 4 is 34.3 Å². The number of nitrogens with zero attached hydrogens (tertiary/aromatic N) is 1. The van der Waals surface area contributed by atoms with Crippen LogP contribution in [0, 0.1) is 11.6 Å². The van der Waals surface area contributed by atoms with Crippen LogP contribution in [0.5, 0.6) is 0 Å². The molecule has 0 spiro atoms. The smallest absolute Gasteiger partial charge is 0.270 e. The summed E-state index contributed by atoms with van der Waals surface area (Å²) in [7, 11) is 0. The number of hydrogen-bond acceptors (Lipinski definition) is 4. The first-order valence-corrected chi connectivity index (χ1v) is 10.4. The van der Waals surface area contributed by atoms with Gasteiger partial charge in [-0.25, -0.2) is 8.78 Å². The van der Waals surface area contributed by atoms with E-state index in [0.29, 0.717) is 29.8 Å². The van der Waals surface area contributed by atoms with E-state index in [2.05, 4.69) is 5.32 Å². The van der Waals surface area contributed by atoms with Crippen molar-refractivity contribution in [1.82, 2.24) is 9.88 Å². The zero-order valence-corrected chi connectivity index (χ0v) is 17.7. The predicted molar refractivity (Wildman–Crippen MR) is 120 cm³/mol. The fourth-order valence-electron chi connectivity index (χ4n) is 4.70. The SMILES string of the molecule is Cl.O=c1c2ccc3c(c2oc2cc(C4CCC4)n(-c4cccc(F)c4F)c(=O)c12)CNC3. The topological polar surface area (TPSA) is 64.2 Å². The Bertz CT molecular complexity index is 1520. The van der Waals surface area contributed by atoms with Crippen LogP contribution in [0.2, 0.25) is 0 Å². The van der Waals surface area contributed by atoms with Crippen LogP contribution >= 0.6 is 12.4 Å². The van der Waals surface area contributed by atoms with E-state index in [1.54, 1.807) is 12.1 Å². The van der Waals surface area contributed by atoms with Gasteiger partial charge in [-0.1, -0.05) is 18.6 Å². The third kappa shape index (κ3) is 2.84. The van der Waals surface area contributed by atoms with E-state index in [1.165, 1.54) is 12.1 Å². The Kier molecular flexibility index (Phi) is 4.91. The number of benzene rings is 2. The number of pyridine rings is 1. The molecule has 8 heteroatoms. The van der Waals surface area contributed by atoms with E-state index in [9.17, 15) is 18.4 Å². The number of rotatable bonds is 2. The number of halogens is 3. The maximum absolute atomic E-state index is 14.7. The van der Waals surface area contributed by atoms with Gasteiger partial charge >= 0.3 is 0 Å². The lowest BCUT2D eigenvalue weighted by Gasteiger charge is -2.28. The van der Waals surface area contributed by atoms with Gasteiger partial charge in [0, 0.05) is 30.4 Å². The van der Waals surface area contributed by atoms with E-state index in [0.717, 1.165) is 41.0 Å². The monoisotopic (exact) mass is 456 g/mol. The Morgan fingerprint density at radius 1 is 1.06 bits per heavy atom. The summed E-state index contributed by atoms with van der Waals surface area (Å²) in [5, 5.41) is 3.41. The van der Waals surface area contributed by atoms with Crippen LogP contribution < -0.4 is 16.3 Å². The molecular formula is C24H19ClF2N2O3. The molecular weight excluding hydrogens is 438 g/mol. The van der Waals surface area contributed by atoms with Gasteiger partial charge in [0.2, 0.25) is 5.43 Å². The van der Waals surface area contributed by atoms with Gasteiger partial charge in [-0.3, -0.25) is 14.2 Å². The summed E-state index contributed by atoms with van der Waals surface area (Å²) in [4.78, 5) is 26.9. The Morgan fingerprint density at radius 3 is 2.62 bits per heavy atom. The van der Waals surface area contributed by atoms with Crippen molar-refractivity contribution in [3.63, 3.8) is 0 Å². The molecule has 1 aliphatic carbocycles. The van der Waals surface area contributed by atoms with Crippen LogP contribution in [0.25, 0.3) is 27.6 Å². The normalized spacial score (nSPS) is 15.6. The van der Waals surface area contributed by atoms with Gasteiger partial charge in [0.05, 0.1) is 11.1 Å². The van der Waals surface area contributed by atoms with E-state index in [1.807, 2.05) is 6.07 Å².